The van der Waals surface area contributed by atoms with E-state index in [0.717, 1.165) is 11.1 Å². The van der Waals surface area contributed by atoms with Gasteiger partial charge in [-0.05, 0) is 41.5 Å². The first-order chi connectivity index (χ1) is 16.9. The van der Waals surface area contributed by atoms with Crippen LogP contribution >= 0.6 is 0 Å². The second-order valence-electron chi connectivity index (χ2n) is 7.54. The number of benzene rings is 2. The molecule has 180 valence electrons. The van der Waals surface area contributed by atoms with Crippen molar-refractivity contribution in [2.75, 3.05) is 6.61 Å². The number of carbonyl (C=O) groups is 1. The molecule has 0 bridgehead atoms. The van der Waals surface area contributed by atoms with Crippen molar-refractivity contribution in [1.82, 2.24) is 19.3 Å². The molecule has 2 aromatic carbocycles. The largest absolute Gasteiger partial charge is 1.00 e. The molecule has 0 unspecified atom stereocenters. The molecule has 2 aromatic heterocycles. The normalized spacial score (nSPS) is 11.0. The Morgan fingerprint density at radius 1 is 0.861 bits per heavy atom. The molecule has 0 saturated carbocycles. The monoisotopic (exact) mass is 514 g/mol. The summed E-state index contributed by atoms with van der Waals surface area (Å²) in [5, 5.41) is 8.79. The quantitative estimate of drug-likeness (QED) is 0.304. The van der Waals surface area contributed by atoms with Gasteiger partial charge in [-0.2, -0.15) is 4.31 Å². The summed E-state index contributed by atoms with van der Waals surface area (Å²) in [6, 6.07) is 20.5. The Bertz CT molecular complexity index is 1400. The zero-order chi connectivity index (χ0) is 24.7. The van der Waals surface area contributed by atoms with Gasteiger partial charge in [-0.1, -0.05) is 42.5 Å². The molecule has 2 heterocycles. The summed E-state index contributed by atoms with van der Waals surface area (Å²) in [6.45, 7) is -0.362. The Balaban J connectivity index is 0.00000241. The Hall–Kier alpha value is -3.15. The first kappa shape index (κ1) is 27.4. The van der Waals surface area contributed by atoms with Gasteiger partial charge >= 0.3 is 35.5 Å². The summed E-state index contributed by atoms with van der Waals surface area (Å²) in [5.41, 5.74) is 2.22. The zero-order valence-corrected chi connectivity index (χ0v) is 22.4. The number of aliphatic carboxylic acids is 1. The van der Waals surface area contributed by atoms with Crippen LogP contribution in [0.1, 0.15) is 12.6 Å². The molecule has 4 aromatic rings. The molecule has 9 nitrogen and oxygen atoms in total. The van der Waals surface area contributed by atoms with Gasteiger partial charge in [0.25, 0.3) is 10.0 Å². The van der Waals surface area contributed by atoms with E-state index in [-0.39, 0.29) is 49.1 Å². The molecule has 0 aliphatic heterocycles. The third-order valence-electron chi connectivity index (χ3n) is 5.00. The summed E-state index contributed by atoms with van der Waals surface area (Å²) in [5.74, 6) is -0.179. The van der Waals surface area contributed by atoms with Gasteiger partial charge in [-0.3, -0.25) is 0 Å². The molecule has 11 heteroatoms. The van der Waals surface area contributed by atoms with E-state index in [1.807, 2.05) is 24.3 Å². The van der Waals surface area contributed by atoms with Crippen molar-refractivity contribution in [1.29, 1.82) is 0 Å². The molecule has 1 N–H and O–H groups in total. The van der Waals surface area contributed by atoms with Gasteiger partial charge in [0.05, 0.1) is 0 Å². The first-order valence-electron chi connectivity index (χ1n) is 10.6. The predicted octanol–water partition coefficient (Wildman–Crippen LogP) is 0.510. The number of nitrogens with zero attached hydrogens (tertiary/aromatic N) is 4. The fourth-order valence-corrected chi connectivity index (χ4v) is 4.70. The average Bonchev–Trinajstić information content (AvgIpc) is 2.89. The Kier molecular flexibility index (Phi) is 9.68. The van der Waals surface area contributed by atoms with Crippen LogP contribution in [0.25, 0.3) is 11.4 Å². The zero-order valence-electron chi connectivity index (χ0n) is 20.6. The van der Waals surface area contributed by atoms with E-state index in [4.69, 9.17) is 9.84 Å². The number of ether oxygens (including phenoxy) is 1. The minimum Gasteiger partial charge on any atom is -1.00 e. The van der Waals surface area contributed by atoms with E-state index in [1.54, 1.807) is 54.9 Å². The number of rotatable bonds is 10. The maximum atomic E-state index is 13.5. The van der Waals surface area contributed by atoms with E-state index in [9.17, 15) is 13.2 Å². The minimum atomic E-state index is -3.94. The number of carboxylic acids is 1. The molecule has 0 atom stereocenters. The number of carboxylic acid groups (broad SMARTS) is 1. The van der Waals surface area contributed by atoms with Crippen molar-refractivity contribution in [2.24, 2.45) is 0 Å². The SMILES string of the molecule is O=C(O)COc1cccc(CN(Cc2ccc(-c3ncccn3)cc2)S(=O)(=O)c2ccccn2)c1.[H-].[Na+]. The van der Waals surface area contributed by atoms with Crippen LogP contribution in [-0.4, -0.2) is 45.4 Å². The van der Waals surface area contributed by atoms with Crippen molar-refractivity contribution in [2.45, 2.75) is 18.1 Å². The smallest absolute Gasteiger partial charge is 1.00 e. The van der Waals surface area contributed by atoms with Crippen LogP contribution in [0.4, 0.5) is 0 Å². The van der Waals surface area contributed by atoms with Crippen LogP contribution in [0.15, 0.2) is 96.4 Å². The summed E-state index contributed by atoms with van der Waals surface area (Å²) in [6.07, 6.45) is 4.75. The van der Waals surface area contributed by atoms with E-state index < -0.39 is 22.6 Å². The molecule has 0 fully saturated rings. The number of sulfonamides is 1. The Morgan fingerprint density at radius 2 is 1.56 bits per heavy atom. The molecule has 0 radical (unpaired) electrons. The van der Waals surface area contributed by atoms with Crippen molar-refractivity contribution < 1.29 is 54.0 Å². The Labute approximate surface area is 232 Å². The third kappa shape index (κ3) is 7.19. The summed E-state index contributed by atoms with van der Waals surface area (Å²) in [7, 11) is -3.94. The van der Waals surface area contributed by atoms with Crippen LogP contribution < -0.4 is 34.3 Å². The maximum Gasteiger partial charge on any atom is 1.00 e. The molecule has 0 aliphatic rings. The standard InChI is InChI=1S/C25H22N4O5S.Na.H/c30-24(31)18-34-22-6-3-5-20(15-22)17-29(35(32,33)23-7-1-2-12-26-23)16-19-8-10-21(11-9-19)25-27-13-4-14-28-25;;/h1-15H,16-18H2,(H,30,31);;/q;+1;-1. The van der Waals surface area contributed by atoms with Gasteiger partial charge in [-0.25, -0.2) is 28.2 Å². The van der Waals surface area contributed by atoms with Crippen LogP contribution in [0.2, 0.25) is 0 Å². The van der Waals surface area contributed by atoms with Gasteiger partial charge in [0.2, 0.25) is 0 Å². The molecule has 0 aliphatic carbocycles. The minimum absolute atomic E-state index is 0. The van der Waals surface area contributed by atoms with Crippen LogP contribution in [-0.2, 0) is 27.9 Å². The Morgan fingerprint density at radius 3 is 2.22 bits per heavy atom. The molecule has 0 saturated heterocycles. The molecule has 36 heavy (non-hydrogen) atoms. The maximum absolute atomic E-state index is 13.5. The van der Waals surface area contributed by atoms with Crippen molar-refractivity contribution >= 4 is 16.0 Å². The average molecular weight is 515 g/mol. The fraction of sp³-hybridized carbons (Fsp3) is 0.120. The van der Waals surface area contributed by atoms with Crippen molar-refractivity contribution in [3.8, 4) is 17.1 Å². The van der Waals surface area contributed by atoms with E-state index in [2.05, 4.69) is 15.0 Å². The number of hydrogen-bond acceptors (Lipinski definition) is 7. The van der Waals surface area contributed by atoms with E-state index >= 15 is 0 Å². The van der Waals surface area contributed by atoms with E-state index in [1.165, 1.54) is 16.6 Å². The molecule has 0 amide bonds. The molecular formula is C25H23N4NaO5S. The van der Waals surface area contributed by atoms with Gasteiger partial charge in [0.15, 0.2) is 17.5 Å². The molecule has 0 spiro atoms. The molecule has 4 rings (SSSR count). The molecular weight excluding hydrogens is 491 g/mol. The van der Waals surface area contributed by atoms with Gasteiger partial charge in [-0.15, -0.1) is 0 Å². The van der Waals surface area contributed by atoms with Gasteiger partial charge < -0.3 is 11.3 Å². The summed E-state index contributed by atoms with van der Waals surface area (Å²) >= 11 is 0. The van der Waals surface area contributed by atoms with Crippen LogP contribution in [0, 0.1) is 0 Å². The van der Waals surface area contributed by atoms with Crippen LogP contribution in [0.5, 0.6) is 5.75 Å². The second kappa shape index (κ2) is 12.7. The van der Waals surface area contributed by atoms with Gasteiger partial charge in [0.1, 0.15) is 5.75 Å². The van der Waals surface area contributed by atoms with Gasteiger partial charge in [0, 0.05) is 37.2 Å². The topological polar surface area (TPSA) is 123 Å². The second-order valence-corrected chi connectivity index (χ2v) is 9.43. The predicted molar refractivity (Wildman–Crippen MR) is 129 cm³/mol. The first-order valence-corrected chi connectivity index (χ1v) is 12.1. The van der Waals surface area contributed by atoms with Crippen molar-refractivity contribution in [3.63, 3.8) is 0 Å². The number of hydrogen-bond donors (Lipinski definition) is 1. The summed E-state index contributed by atoms with van der Waals surface area (Å²) in [4.78, 5) is 23.3. The number of pyridine rings is 1. The fourth-order valence-electron chi connectivity index (χ4n) is 3.35. The van der Waals surface area contributed by atoms with Crippen LogP contribution in [0.3, 0.4) is 0 Å². The summed E-state index contributed by atoms with van der Waals surface area (Å²) < 4.78 is 33.5. The number of aromatic nitrogens is 3. The van der Waals surface area contributed by atoms with Crippen molar-refractivity contribution in [3.05, 3.63) is 103 Å². The third-order valence-corrected chi connectivity index (χ3v) is 6.71. The van der Waals surface area contributed by atoms with E-state index in [0.29, 0.717) is 17.1 Å².